The van der Waals surface area contributed by atoms with Gasteiger partial charge in [0, 0.05) is 19.4 Å². The van der Waals surface area contributed by atoms with Crippen molar-refractivity contribution in [2.24, 2.45) is 17.8 Å². The fourth-order valence-corrected chi connectivity index (χ4v) is 4.82. The number of amides is 3. The van der Waals surface area contributed by atoms with Crippen LogP contribution in [0.15, 0.2) is 11.6 Å². The summed E-state index contributed by atoms with van der Waals surface area (Å²) in [7, 11) is 0. The zero-order valence-corrected chi connectivity index (χ0v) is 22.9. The molecule has 3 amide bonds. The maximum absolute atomic E-state index is 11.9. The van der Waals surface area contributed by atoms with Crippen molar-refractivity contribution >= 4 is 23.9 Å². The van der Waals surface area contributed by atoms with Crippen LogP contribution in [0.5, 0.6) is 0 Å². The number of hydroxylamine groups is 2. The fraction of sp³-hybridized carbons (Fsp3) is 0.778. The molecule has 0 spiro atoms. The first-order valence-corrected chi connectivity index (χ1v) is 13.9. The average molecular weight is 555 g/mol. The molecule has 3 rings (SSSR count). The van der Waals surface area contributed by atoms with Gasteiger partial charge >= 0.3 is 12.1 Å². The summed E-state index contributed by atoms with van der Waals surface area (Å²) in [4.78, 5) is 51.0. The number of alkyl carbamates (subject to hydrolysis) is 1. The van der Waals surface area contributed by atoms with Gasteiger partial charge in [-0.25, -0.2) is 9.59 Å². The van der Waals surface area contributed by atoms with E-state index in [4.69, 9.17) is 28.5 Å². The SMILES string of the molecule is C/C1=C/CCC2C(CC1)[C@H]2COC(=O)NCCOCCOCCOCCOCCC(=O)ON1C(=O)CCC1=O. The third kappa shape index (κ3) is 11.6. The minimum absolute atomic E-state index is 0.0611. The molecule has 1 saturated heterocycles. The molecule has 12 heteroatoms. The predicted molar refractivity (Wildman–Crippen MR) is 137 cm³/mol. The summed E-state index contributed by atoms with van der Waals surface area (Å²) >= 11 is 0. The van der Waals surface area contributed by atoms with Gasteiger partial charge in [0.05, 0.1) is 65.9 Å². The van der Waals surface area contributed by atoms with Crippen LogP contribution in [0.25, 0.3) is 0 Å². The van der Waals surface area contributed by atoms with Crippen LogP contribution in [0, 0.1) is 17.8 Å². The number of hydrogen-bond acceptors (Lipinski definition) is 10. The van der Waals surface area contributed by atoms with Crippen molar-refractivity contribution in [3.63, 3.8) is 0 Å². The standard InChI is InChI=1S/C27H42N2O10/c1-20-3-2-4-21-22(6-5-20)23(21)19-38-27(33)28-10-12-35-14-16-37-18-17-36-15-13-34-11-9-26(32)39-29-24(30)7-8-25(29)31/h3,21-23H,2,4-19H2,1H3,(H,28,33)/b20-3-/t21?,22?,23-/m0/s1. The van der Waals surface area contributed by atoms with Gasteiger partial charge in [-0.1, -0.05) is 11.6 Å². The lowest BCUT2D eigenvalue weighted by Crippen LogP contribution is -2.32. The number of nitrogens with zero attached hydrogens (tertiary/aromatic N) is 1. The lowest BCUT2D eigenvalue weighted by Gasteiger charge is -2.12. The van der Waals surface area contributed by atoms with Crippen LogP contribution >= 0.6 is 0 Å². The Morgan fingerprint density at radius 2 is 1.44 bits per heavy atom. The number of ether oxygens (including phenoxy) is 5. The maximum atomic E-state index is 11.9. The van der Waals surface area contributed by atoms with Crippen LogP contribution in [0.2, 0.25) is 0 Å². The average Bonchev–Trinajstić information content (AvgIpc) is 3.47. The normalized spacial score (nSPS) is 23.9. The van der Waals surface area contributed by atoms with Crippen molar-refractivity contribution in [3.05, 3.63) is 11.6 Å². The molecule has 2 fully saturated rings. The fourth-order valence-electron chi connectivity index (χ4n) is 4.82. The third-order valence-electron chi connectivity index (χ3n) is 7.06. The van der Waals surface area contributed by atoms with Crippen molar-refractivity contribution < 1.29 is 47.7 Å². The Balaban J connectivity index is 1.02. The minimum atomic E-state index is -0.699. The Kier molecular flexibility index (Phi) is 13.7. The first kappa shape index (κ1) is 31.0. The molecular formula is C27H42N2O10. The molecule has 0 aromatic rings. The van der Waals surface area contributed by atoms with Crippen LogP contribution in [0.3, 0.4) is 0 Å². The van der Waals surface area contributed by atoms with E-state index in [9.17, 15) is 19.2 Å². The molecule has 1 saturated carbocycles. The lowest BCUT2D eigenvalue weighted by atomic mass is 10.0. The summed E-state index contributed by atoms with van der Waals surface area (Å²) in [5.74, 6) is 0.204. The van der Waals surface area contributed by atoms with E-state index in [1.165, 1.54) is 18.4 Å². The zero-order chi connectivity index (χ0) is 27.9. The maximum Gasteiger partial charge on any atom is 0.407 e. The molecule has 0 aromatic carbocycles. The molecule has 2 unspecified atom stereocenters. The van der Waals surface area contributed by atoms with Gasteiger partial charge in [-0.05, 0) is 50.4 Å². The molecule has 12 nitrogen and oxygen atoms in total. The molecule has 2 aliphatic carbocycles. The molecule has 1 aliphatic heterocycles. The van der Waals surface area contributed by atoms with Gasteiger partial charge in [-0.2, -0.15) is 0 Å². The van der Waals surface area contributed by atoms with Crippen LogP contribution in [-0.4, -0.2) is 94.9 Å². The van der Waals surface area contributed by atoms with Gasteiger partial charge in [-0.15, -0.1) is 5.06 Å². The largest absolute Gasteiger partial charge is 0.449 e. The second-order valence-corrected chi connectivity index (χ2v) is 9.93. The number of rotatable bonds is 18. The summed E-state index contributed by atoms with van der Waals surface area (Å²) in [5, 5.41) is 3.24. The number of imide groups is 1. The summed E-state index contributed by atoms with van der Waals surface area (Å²) in [6.07, 6.45) is 6.70. The van der Waals surface area contributed by atoms with Crippen LogP contribution in [0.1, 0.15) is 51.9 Å². The van der Waals surface area contributed by atoms with E-state index < -0.39 is 17.8 Å². The van der Waals surface area contributed by atoms with Crippen molar-refractivity contribution in [1.29, 1.82) is 0 Å². The Labute approximate surface area is 229 Å². The van der Waals surface area contributed by atoms with Crippen molar-refractivity contribution in [3.8, 4) is 0 Å². The van der Waals surface area contributed by atoms with E-state index in [-0.39, 0.29) is 38.6 Å². The summed E-state index contributed by atoms with van der Waals surface area (Å²) < 4.78 is 26.9. The topological polar surface area (TPSA) is 139 Å². The predicted octanol–water partition coefficient (Wildman–Crippen LogP) is 2.16. The zero-order valence-electron chi connectivity index (χ0n) is 22.9. The van der Waals surface area contributed by atoms with E-state index in [0.717, 1.165) is 12.8 Å². The summed E-state index contributed by atoms with van der Waals surface area (Å²) in [6, 6.07) is 0. The van der Waals surface area contributed by atoms with E-state index in [0.29, 0.717) is 75.6 Å². The molecule has 0 aromatic heterocycles. The second kappa shape index (κ2) is 17.2. The third-order valence-corrected chi connectivity index (χ3v) is 7.06. The monoisotopic (exact) mass is 554 g/mol. The lowest BCUT2D eigenvalue weighted by molar-refractivity contribution is -0.198. The molecule has 220 valence electrons. The highest BCUT2D eigenvalue weighted by Crippen LogP contribution is 2.53. The number of allylic oxidation sites excluding steroid dienone is 2. The van der Waals surface area contributed by atoms with Crippen molar-refractivity contribution in [2.75, 3.05) is 66.0 Å². The molecule has 3 aliphatic rings. The number of carbonyl (C=O) groups excluding carboxylic acids is 4. The Morgan fingerprint density at radius 1 is 0.846 bits per heavy atom. The Morgan fingerprint density at radius 3 is 2.10 bits per heavy atom. The number of hydrogen-bond donors (Lipinski definition) is 1. The van der Waals surface area contributed by atoms with E-state index in [1.807, 2.05) is 0 Å². The molecule has 39 heavy (non-hydrogen) atoms. The number of fused-ring (bicyclic) bond motifs is 1. The smallest absolute Gasteiger partial charge is 0.407 e. The highest BCUT2D eigenvalue weighted by atomic mass is 16.7. The quantitative estimate of drug-likeness (QED) is 0.152. The van der Waals surface area contributed by atoms with Gasteiger partial charge < -0.3 is 33.8 Å². The van der Waals surface area contributed by atoms with E-state index >= 15 is 0 Å². The van der Waals surface area contributed by atoms with Crippen LogP contribution in [0.4, 0.5) is 4.79 Å². The first-order valence-electron chi connectivity index (χ1n) is 13.9. The highest BCUT2D eigenvalue weighted by molar-refractivity contribution is 6.01. The van der Waals surface area contributed by atoms with Gasteiger partial charge in [-0.3, -0.25) is 9.59 Å². The highest BCUT2D eigenvalue weighted by Gasteiger charge is 2.49. The molecule has 3 atom stereocenters. The van der Waals surface area contributed by atoms with Gasteiger partial charge in [0.1, 0.15) is 0 Å². The molecule has 1 N–H and O–H groups in total. The minimum Gasteiger partial charge on any atom is -0.449 e. The van der Waals surface area contributed by atoms with E-state index in [2.05, 4.69) is 18.3 Å². The van der Waals surface area contributed by atoms with Gasteiger partial charge in [0.25, 0.3) is 11.8 Å². The number of carbonyl (C=O) groups is 4. The molecule has 0 bridgehead atoms. The Hall–Kier alpha value is -2.54. The second-order valence-electron chi connectivity index (χ2n) is 9.93. The van der Waals surface area contributed by atoms with E-state index in [1.54, 1.807) is 0 Å². The molecule has 1 heterocycles. The first-order chi connectivity index (χ1) is 19.0. The Bertz CT molecular complexity index is 832. The van der Waals surface area contributed by atoms with Gasteiger partial charge in [0.15, 0.2) is 0 Å². The van der Waals surface area contributed by atoms with Crippen LogP contribution < -0.4 is 5.32 Å². The summed E-state index contributed by atoms with van der Waals surface area (Å²) in [6.45, 7) is 5.78. The van der Waals surface area contributed by atoms with Crippen LogP contribution in [-0.2, 0) is 42.9 Å². The molecule has 0 radical (unpaired) electrons. The van der Waals surface area contributed by atoms with Crippen molar-refractivity contribution in [1.82, 2.24) is 10.4 Å². The van der Waals surface area contributed by atoms with Crippen molar-refractivity contribution in [2.45, 2.75) is 51.9 Å². The molecular weight excluding hydrogens is 512 g/mol. The number of nitrogens with one attached hydrogen (secondary N) is 1. The van der Waals surface area contributed by atoms with Gasteiger partial charge in [0.2, 0.25) is 0 Å². The summed E-state index contributed by atoms with van der Waals surface area (Å²) in [5.41, 5.74) is 1.48.